The molecule has 1 aromatic heterocycles. The lowest BCUT2D eigenvalue weighted by atomic mass is 10.4. The fraction of sp³-hybridized carbons (Fsp3) is 0.500. The predicted octanol–water partition coefficient (Wildman–Crippen LogP) is -0.0986. The van der Waals surface area contributed by atoms with Gasteiger partial charge in [-0.05, 0) is 6.92 Å². The molecule has 16 heavy (non-hydrogen) atoms. The van der Waals surface area contributed by atoms with Crippen molar-refractivity contribution in [3.05, 3.63) is 24.5 Å². The summed E-state index contributed by atoms with van der Waals surface area (Å²) in [6, 6.07) is 0.416. The highest BCUT2D eigenvalue weighted by molar-refractivity contribution is 5.81. The van der Waals surface area contributed by atoms with Gasteiger partial charge in [0.2, 0.25) is 0 Å². The Morgan fingerprint density at radius 1 is 1.75 bits per heavy atom. The maximum absolute atomic E-state index is 4.30. The molecule has 0 fully saturated rings. The minimum atomic E-state index is 0.416. The van der Waals surface area contributed by atoms with Crippen LogP contribution < -0.4 is 10.6 Å². The van der Waals surface area contributed by atoms with Crippen LogP contribution >= 0.6 is 0 Å². The molecule has 0 spiro atoms. The van der Waals surface area contributed by atoms with E-state index in [2.05, 4.69) is 39.4 Å². The van der Waals surface area contributed by atoms with E-state index in [1.165, 1.54) is 0 Å². The first-order chi connectivity index (χ1) is 7.78. The molecule has 1 atom stereocenters. The first kappa shape index (κ1) is 10.7. The molecule has 2 rings (SSSR count). The van der Waals surface area contributed by atoms with Crippen LogP contribution in [0.5, 0.6) is 0 Å². The smallest absolute Gasteiger partial charge is 0.191 e. The monoisotopic (exact) mass is 220 g/mol. The van der Waals surface area contributed by atoms with Gasteiger partial charge in [0.15, 0.2) is 5.96 Å². The molecular weight excluding hydrogens is 204 g/mol. The van der Waals surface area contributed by atoms with Gasteiger partial charge >= 0.3 is 0 Å². The van der Waals surface area contributed by atoms with E-state index in [-0.39, 0.29) is 0 Å². The second-order valence-corrected chi connectivity index (χ2v) is 3.81. The fourth-order valence-electron chi connectivity index (χ4n) is 1.48. The predicted molar refractivity (Wildman–Crippen MR) is 62.0 cm³/mol. The summed E-state index contributed by atoms with van der Waals surface area (Å²) >= 11 is 0. The minimum Gasteiger partial charge on any atom is -0.352 e. The Bertz CT molecular complexity index is 394. The van der Waals surface area contributed by atoms with Gasteiger partial charge in [0.1, 0.15) is 5.69 Å². The average molecular weight is 220 g/mol. The number of guanidine groups is 1. The average Bonchev–Trinajstić information content (AvgIpc) is 2.85. The Hall–Kier alpha value is -1.85. The van der Waals surface area contributed by atoms with Crippen LogP contribution in [0.25, 0.3) is 0 Å². The van der Waals surface area contributed by atoms with Crippen LogP contribution in [0.3, 0.4) is 0 Å². The summed E-state index contributed by atoms with van der Waals surface area (Å²) in [6.07, 6.45) is 3.68. The molecule has 0 saturated heterocycles. The van der Waals surface area contributed by atoms with Gasteiger partial charge in [-0.3, -0.25) is 4.99 Å². The van der Waals surface area contributed by atoms with Crippen molar-refractivity contribution >= 4 is 5.96 Å². The van der Waals surface area contributed by atoms with E-state index in [0.29, 0.717) is 19.1 Å². The van der Waals surface area contributed by atoms with Crippen molar-refractivity contribution in [1.82, 2.24) is 25.6 Å². The molecule has 0 bridgehead atoms. The number of hydrogen-bond donors (Lipinski definition) is 2. The topological polar surface area (TPSA) is 67.1 Å². The SMILES string of the molecule is C=CCn1cc(CNC2=NCC(C)N2)nn1. The van der Waals surface area contributed by atoms with Crippen LogP contribution in [0.1, 0.15) is 12.6 Å². The Morgan fingerprint density at radius 2 is 2.62 bits per heavy atom. The van der Waals surface area contributed by atoms with Crippen LogP contribution in [-0.2, 0) is 13.1 Å². The molecule has 2 heterocycles. The number of allylic oxidation sites excluding steroid dienone is 1. The van der Waals surface area contributed by atoms with Crippen molar-refractivity contribution in [3.63, 3.8) is 0 Å². The molecule has 0 aliphatic carbocycles. The zero-order chi connectivity index (χ0) is 11.4. The minimum absolute atomic E-state index is 0.416. The lowest BCUT2D eigenvalue weighted by Crippen LogP contribution is -2.37. The van der Waals surface area contributed by atoms with Crippen LogP contribution in [-0.4, -0.2) is 33.5 Å². The van der Waals surface area contributed by atoms with Gasteiger partial charge in [0.05, 0.1) is 25.8 Å². The maximum Gasteiger partial charge on any atom is 0.191 e. The highest BCUT2D eigenvalue weighted by Gasteiger charge is 2.11. The quantitative estimate of drug-likeness (QED) is 0.695. The van der Waals surface area contributed by atoms with Crippen LogP contribution in [0.2, 0.25) is 0 Å². The van der Waals surface area contributed by atoms with Gasteiger partial charge < -0.3 is 10.6 Å². The molecule has 1 unspecified atom stereocenters. The van der Waals surface area contributed by atoms with E-state index < -0.39 is 0 Å². The van der Waals surface area contributed by atoms with Crippen LogP contribution in [0.15, 0.2) is 23.8 Å². The van der Waals surface area contributed by atoms with E-state index in [9.17, 15) is 0 Å². The molecule has 0 aromatic carbocycles. The summed E-state index contributed by atoms with van der Waals surface area (Å²) in [6.45, 7) is 7.89. The Balaban J connectivity index is 1.82. The molecule has 6 nitrogen and oxygen atoms in total. The molecule has 6 heteroatoms. The second kappa shape index (κ2) is 4.78. The molecule has 0 radical (unpaired) electrons. The van der Waals surface area contributed by atoms with Crippen LogP contribution in [0.4, 0.5) is 0 Å². The van der Waals surface area contributed by atoms with Crippen molar-refractivity contribution in [2.45, 2.75) is 26.1 Å². The molecule has 2 N–H and O–H groups in total. The highest BCUT2D eigenvalue weighted by atomic mass is 15.4. The van der Waals surface area contributed by atoms with E-state index in [0.717, 1.165) is 18.2 Å². The summed E-state index contributed by atoms with van der Waals surface area (Å²) in [4.78, 5) is 4.30. The first-order valence-electron chi connectivity index (χ1n) is 5.32. The maximum atomic E-state index is 4.30. The number of rotatable bonds is 4. The van der Waals surface area contributed by atoms with Gasteiger partial charge in [-0.15, -0.1) is 11.7 Å². The lowest BCUT2D eigenvalue weighted by molar-refractivity contribution is 0.661. The Kier molecular flexibility index (Phi) is 3.19. The third-order valence-corrected chi connectivity index (χ3v) is 2.25. The standard InChI is InChI=1S/C10H16N6/c1-3-4-16-7-9(14-15-16)6-12-10-11-5-8(2)13-10/h3,7-8H,1,4-6H2,2H3,(H2,11,12,13). The largest absolute Gasteiger partial charge is 0.352 e. The van der Waals surface area contributed by atoms with Gasteiger partial charge in [0, 0.05) is 6.04 Å². The van der Waals surface area contributed by atoms with Crippen molar-refractivity contribution in [2.24, 2.45) is 4.99 Å². The van der Waals surface area contributed by atoms with Gasteiger partial charge in [-0.25, -0.2) is 4.68 Å². The summed E-state index contributed by atoms with van der Waals surface area (Å²) in [5, 5.41) is 14.4. The first-order valence-corrected chi connectivity index (χ1v) is 5.32. The molecule has 1 aromatic rings. The molecular formula is C10H16N6. The summed E-state index contributed by atoms with van der Waals surface area (Å²) < 4.78 is 1.75. The van der Waals surface area contributed by atoms with Gasteiger partial charge in [-0.2, -0.15) is 0 Å². The van der Waals surface area contributed by atoms with Gasteiger partial charge in [0.25, 0.3) is 0 Å². The highest BCUT2D eigenvalue weighted by Crippen LogP contribution is 1.95. The van der Waals surface area contributed by atoms with E-state index in [1.54, 1.807) is 10.8 Å². The van der Waals surface area contributed by atoms with E-state index >= 15 is 0 Å². The van der Waals surface area contributed by atoms with Crippen molar-refractivity contribution in [1.29, 1.82) is 0 Å². The molecule has 0 saturated carbocycles. The Morgan fingerprint density at radius 3 is 3.31 bits per heavy atom. The zero-order valence-corrected chi connectivity index (χ0v) is 9.35. The third kappa shape index (κ3) is 2.59. The molecule has 1 aliphatic rings. The lowest BCUT2D eigenvalue weighted by Gasteiger charge is -2.06. The second-order valence-electron chi connectivity index (χ2n) is 3.81. The number of aliphatic imine (C=N–C) groups is 1. The van der Waals surface area contributed by atoms with E-state index in [1.807, 2.05) is 6.20 Å². The van der Waals surface area contributed by atoms with Crippen molar-refractivity contribution in [3.8, 4) is 0 Å². The zero-order valence-electron chi connectivity index (χ0n) is 9.35. The Labute approximate surface area is 94.4 Å². The number of nitrogens with zero attached hydrogens (tertiary/aromatic N) is 4. The summed E-state index contributed by atoms with van der Waals surface area (Å²) in [5.41, 5.74) is 0.894. The van der Waals surface area contributed by atoms with Crippen molar-refractivity contribution in [2.75, 3.05) is 6.54 Å². The molecule has 86 valence electrons. The van der Waals surface area contributed by atoms with Crippen LogP contribution in [0, 0.1) is 0 Å². The molecule has 0 amide bonds. The number of nitrogens with one attached hydrogen (secondary N) is 2. The normalized spacial score (nSPS) is 19.1. The van der Waals surface area contributed by atoms with E-state index in [4.69, 9.17) is 0 Å². The summed E-state index contributed by atoms with van der Waals surface area (Å²) in [7, 11) is 0. The van der Waals surface area contributed by atoms with Gasteiger partial charge in [-0.1, -0.05) is 11.3 Å². The molecule has 1 aliphatic heterocycles. The number of hydrogen-bond acceptors (Lipinski definition) is 5. The van der Waals surface area contributed by atoms with Crippen molar-refractivity contribution < 1.29 is 0 Å². The fourth-order valence-corrected chi connectivity index (χ4v) is 1.48. The number of aromatic nitrogens is 3. The third-order valence-electron chi connectivity index (χ3n) is 2.25. The summed E-state index contributed by atoms with van der Waals surface area (Å²) in [5.74, 6) is 0.839.